The standard InChI is InChI=1S/C24H22FN3O4S/c25-19-8-6-17(7-9-19)23(29)27-13-16-12-18(15-27)22-11-10-21(24(30)28(22)14-16)26-33(31,32)20-4-2-1-3-5-20/h1-11,16,18,26H,12-15H2. The summed E-state index contributed by atoms with van der Waals surface area (Å²) in [5.74, 6) is -0.518. The maximum Gasteiger partial charge on any atom is 0.275 e. The zero-order valence-electron chi connectivity index (χ0n) is 17.6. The minimum Gasteiger partial charge on any atom is -0.338 e. The number of halogens is 1. The molecule has 0 aliphatic carbocycles. The second-order valence-electron chi connectivity index (χ2n) is 8.52. The normalized spacial score (nSPS) is 19.6. The molecule has 2 unspecified atom stereocenters. The first-order valence-corrected chi connectivity index (χ1v) is 12.2. The minimum atomic E-state index is -3.88. The summed E-state index contributed by atoms with van der Waals surface area (Å²) in [6, 6.07) is 16.6. The molecule has 1 fully saturated rings. The molecule has 9 heteroatoms. The predicted molar refractivity (Wildman–Crippen MR) is 121 cm³/mol. The maximum absolute atomic E-state index is 13.2. The Hall–Kier alpha value is -3.46. The van der Waals surface area contributed by atoms with Crippen molar-refractivity contribution in [3.63, 3.8) is 0 Å². The van der Waals surface area contributed by atoms with E-state index in [1.807, 2.05) is 0 Å². The molecular formula is C24H22FN3O4S. The van der Waals surface area contributed by atoms with E-state index in [4.69, 9.17) is 0 Å². The molecule has 1 N–H and O–H groups in total. The van der Waals surface area contributed by atoms with Gasteiger partial charge in [-0.2, -0.15) is 0 Å². The van der Waals surface area contributed by atoms with Crippen molar-refractivity contribution in [3.05, 3.63) is 94.2 Å². The van der Waals surface area contributed by atoms with Crippen molar-refractivity contribution in [2.45, 2.75) is 23.8 Å². The number of nitrogens with zero attached hydrogens (tertiary/aromatic N) is 2. The number of amides is 1. The van der Waals surface area contributed by atoms with E-state index in [2.05, 4.69) is 4.72 Å². The van der Waals surface area contributed by atoms with Crippen LogP contribution in [0.15, 0.2) is 76.4 Å². The van der Waals surface area contributed by atoms with Crippen molar-refractivity contribution in [1.82, 2.24) is 9.47 Å². The fraction of sp³-hybridized carbons (Fsp3) is 0.250. The molecule has 3 heterocycles. The number of rotatable bonds is 4. The van der Waals surface area contributed by atoms with E-state index in [9.17, 15) is 22.4 Å². The fourth-order valence-corrected chi connectivity index (χ4v) is 5.85. The molecule has 1 aromatic heterocycles. The largest absolute Gasteiger partial charge is 0.338 e. The number of pyridine rings is 1. The van der Waals surface area contributed by atoms with E-state index in [0.717, 1.165) is 12.1 Å². The number of sulfonamides is 1. The number of hydrogen-bond acceptors (Lipinski definition) is 4. The maximum atomic E-state index is 13.2. The molecular weight excluding hydrogens is 445 g/mol. The van der Waals surface area contributed by atoms with Gasteiger partial charge in [0.05, 0.1) is 4.90 Å². The van der Waals surface area contributed by atoms with Gasteiger partial charge < -0.3 is 9.47 Å². The molecule has 0 radical (unpaired) electrons. The van der Waals surface area contributed by atoms with Crippen LogP contribution in [0.1, 0.15) is 28.4 Å². The van der Waals surface area contributed by atoms with Gasteiger partial charge in [0, 0.05) is 36.8 Å². The van der Waals surface area contributed by atoms with E-state index in [1.165, 1.54) is 42.5 Å². The van der Waals surface area contributed by atoms with Gasteiger partial charge in [-0.05, 0) is 60.9 Å². The van der Waals surface area contributed by atoms with Gasteiger partial charge >= 0.3 is 0 Å². The first kappa shape index (κ1) is 21.4. The number of likely N-dealkylation sites (tertiary alicyclic amines) is 1. The van der Waals surface area contributed by atoms with Crippen LogP contribution < -0.4 is 10.3 Å². The van der Waals surface area contributed by atoms with Gasteiger partial charge in [0.1, 0.15) is 11.5 Å². The first-order valence-electron chi connectivity index (χ1n) is 10.7. The van der Waals surface area contributed by atoms with Crippen LogP contribution in [0.3, 0.4) is 0 Å². The highest BCUT2D eigenvalue weighted by Gasteiger charge is 2.37. The van der Waals surface area contributed by atoms with Crippen LogP contribution in [0, 0.1) is 11.7 Å². The van der Waals surface area contributed by atoms with Crippen LogP contribution in [-0.2, 0) is 16.6 Å². The average molecular weight is 468 g/mol. The average Bonchev–Trinajstić information content (AvgIpc) is 2.81. The lowest BCUT2D eigenvalue weighted by molar-refractivity contribution is 0.0594. The van der Waals surface area contributed by atoms with Crippen molar-refractivity contribution in [2.24, 2.45) is 5.92 Å². The van der Waals surface area contributed by atoms with E-state index >= 15 is 0 Å². The van der Waals surface area contributed by atoms with Crippen LogP contribution in [0.5, 0.6) is 0 Å². The topological polar surface area (TPSA) is 88.5 Å². The van der Waals surface area contributed by atoms with E-state index in [1.54, 1.807) is 33.7 Å². The second kappa shape index (κ2) is 8.15. The zero-order valence-corrected chi connectivity index (χ0v) is 18.5. The zero-order chi connectivity index (χ0) is 23.2. The molecule has 2 atom stereocenters. The van der Waals surface area contributed by atoms with Gasteiger partial charge in [0.2, 0.25) is 0 Å². The summed E-state index contributed by atoms with van der Waals surface area (Å²) in [5.41, 5.74) is 0.830. The Balaban J connectivity index is 1.40. The number of aromatic nitrogens is 1. The summed E-state index contributed by atoms with van der Waals surface area (Å²) >= 11 is 0. The smallest absolute Gasteiger partial charge is 0.275 e. The molecule has 33 heavy (non-hydrogen) atoms. The molecule has 5 rings (SSSR count). The first-order chi connectivity index (χ1) is 15.8. The Morgan fingerprint density at radius 2 is 1.67 bits per heavy atom. The Bertz CT molecular complexity index is 1370. The third kappa shape index (κ3) is 4.04. The number of benzene rings is 2. The number of carbonyl (C=O) groups is 1. The van der Waals surface area contributed by atoms with Gasteiger partial charge in [-0.25, -0.2) is 12.8 Å². The molecule has 1 amide bonds. The van der Waals surface area contributed by atoms with Gasteiger partial charge in [-0.15, -0.1) is 0 Å². The van der Waals surface area contributed by atoms with Gasteiger partial charge in [-0.3, -0.25) is 14.3 Å². The fourth-order valence-electron chi connectivity index (χ4n) is 4.77. The molecule has 3 aromatic rings. The number of carbonyl (C=O) groups excluding carboxylic acids is 1. The van der Waals surface area contributed by atoms with Crippen LogP contribution >= 0.6 is 0 Å². The predicted octanol–water partition coefficient (Wildman–Crippen LogP) is 3.05. The molecule has 2 bridgehead atoms. The van der Waals surface area contributed by atoms with Crippen molar-refractivity contribution in [2.75, 3.05) is 17.8 Å². The quantitative estimate of drug-likeness (QED) is 0.639. The highest BCUT2D eigenvalue weighted by Crippen LogP contribution is 2.36. The van der Waals surface area contributed by atoms with Crippen molar-refractivity contribution in [3.8, 4) is 0 Å². The summed E-state index contributed by atoms with van der Waals surface area (Å²) < 4.78 is 42.6. The number of anilines is 1. The Labute approximate surface area is 190 Å². The molecule has 1 saturated heterocycles. The Kier molecular flexibility index (Phi) is 5.28. The number of piperidine rings is 1. The summed E-state index contributed by atoms with van der Waals surface area (Å²) in [7, 11) is -3.88. The molecule has 0 saturated carbocycles. The Morgan fingerprint density at radius 3 is 2.39 bits per heavy atom. The lowest BCUT2D eigenvalue weighted by Crippen LogP contribution is -2.49. The van der Waals surface area contributed by atoms with Crippen LogP contribution in [0.25, 0.3) is 0 Å². The van der Waals surface area contributed by atoms with E-state index < -0.39 is 15.8 Å². The lowest BCUT2D eigenvalue weighted by Gasteiger charge is -2.43. The van der Waals surface area contributed by atoms with Crippen molar-refractivity contribution in [1.29, 1.82) is 0 Å². The number of hydrogen-bond donors (Lipinski definition) is 1. The summed E-state index contributed by atoms with van der Waals surface area (Å²) in [6.45, 7) is 1.33. The summed E-state index contributed by atoms with van der Waals surface area (Å²) in [6.07, 6.45) is 0.849. The monoisotopic (exact) mass is 467 g/mol. The third-order valence-corrected chi connectivity index (χ3v) is 7.66. The van der Waals surface area contributed by atoms with E-state index in [-0.39, 0.29) is 33.9 Å². The lowest BCUT2D eigenvalue weighted by atomic mass is 9.83. The van der Waals surface area contributed by atoms with Crippen molar-refractivity contribution < 1.29 is 17.6 Å². The van der Waals surface area contributed by atoms with E-state index in [0.29, 0.717) is 25.2 Å². The Morgan fingerprint density at radius 1 is 0.939 bits per heavy atom. The molecule has 0 spiro atoms. The SMILES string of the molecule is O=C(c1ccc(F)cc1)N1CC2CC(C1)c1ccc(NS(=O)(=O)c3ccccc3)c(=O)n1C2. The van der Waals surface area contributed by atoms with Gasteiger partial charge in [0.15, 0.2) is 0 Å². The molecule has 7 nitrogen and oxygen atoms in total. The number of fused-ring (bicyclic) bond motifs is 4. The van der Waals surface area contributed by atoms with Crippen LogP contribution in [0.4, 0.5) is 10.1 Å². The molecule has 2 aliphatic heterocycles. The van der Waals surface area contributed by atoms with Crippen molar-refractivity contribution >= 4 is 21.6 Å². The van der Waals surface area contributed by atoms with Crippen LogP contribution in [0.2, 0.25) is 0 Å². The van der Waals surface area contributed by atoms with Gasteiger partial charge in [-0.1, -0.05) is 18.2 Å². The highest BCUT2D eigenvalue weighted by molar-refractivity contribution is 7.92. The molecule has 2 aliphatic rings. The molecule has 2 aromatic carbocycles. The second-order valence-corrected chi connectivity index (χ2v) is 10.2. The number of nitrogens with one attached hydrogen (secondary N) is 1. The van der Waals surface area contributed by atoms with Gasteiger partial charge in [0.25, 0.3) is 21.5 Å². The minimum absolute atomic E-state index is 0.00169. The van der Waals surface area contributed by atoms with Crippen LogP contribution in [-0.4, -0.2) is 36.9 Å². The summed E-state index contributed by atoms with van der Waals surface area (Å²) in [4.78, 5) is 27.9. The summed E-state index contributed by atoms with van der Waals surface area (Å²) in [5, 5.41) is 0. The highest BCUT2D eigenvalue weighted by atomic mass is 32.2. The molecule has 170 valence electrons. The third-order valence-electron chi connectivity index (χ3n) is 6.28.